The molecule has 0 heterocycles. The lowest BCUT2D eigenvalue weighted by Gasteiger charge is -2.24. The first kappa shape index (κ1) is 12.9. The summed E-state index contributed by atoms with van der Waals surface area (Å²) in [5.74, 6) is 0. The van der Waals surface area contributed by atoms with E-state index >= 15 is 0 Å². The van der Waals surface area contributed by atoms with Gasteiger partial charge in [-0.25, -0.2) is 0 Å². The standard InChI is InChI=1S/C10H24N2O/c1-9(2)11-6-7-12(4)10(3)8-13-5/h9-11H,6-8H2,1-5H3. The van der Waals surface area contributed by atoms with Gasteiger partial charge in [0, 0.05) is 32.3 Å². The largest absolute Gasteiger partial charge is 0.383 e. The van der Waals surface area contributed by atoms with E-state index in [1.165, 1.54) is 0 Å². The molecule has 0 aliphatic carbocycles. The molecule has 0 rings (SSSR count). The lowest BCUT2D eigenvalue weighted by Crippen LogP contribution is -2.39. The van der Waals surface area contributed by atoms with E-state index in [4.69, 9.17) is 4.74 Å². The monoisotopic (exact) mass is 188 g/mol. The van der Waals surface area contributed by atoms with Gasteiger partial charge in [-0.3, -0.25) is 0 Å². The first-order valence-corrected chi connectivity index (χ1v) is 5.00. The predicted octanol–water partition coefficient (Wildman–Crippen LogP) is 0.951. The van der Waals surface area contributed by atoms with Crippen molar-refractivity contribution in [3.05, 3.63) is 0 Å². The Morgan fingerprint density at radius 3 is 2.38 bits per heavy atom. The van der Waals surface area contributed by atoms with Crippen molar-refractivity contribution in [1.29, 1.82) is 0 Å². The maximum atomic E-state index is 5.09. The molecule has 0 aromatic heterocycles. The maximum Gasteiger partial charge on any atom is 0.0615 e. The molecule has 0 aliphatic heterocycles. The Morgan fingerprint density at radius 1 is 1.31 bits per heavy atom. The van der Waals surface area contributed by atoms with Gasteiger partial charge in [-0.2, -0.15) is 0 Å². The van der Waals surface area contributed by atoms with E-state index in [0.717, 1.165) is 19.7 Å². The van der Waals surface area contributed by atoms with E-state index in [0.29, 0.717) is 12.1 Å². The van der Waals surface area contributed by atoms with Crippen LogP contribution in [-0.4, -0.2) is 50.8 Å². The van der Waals surface area contributed by atoms with Crippen LogP contribution in [0.1, 0.15) is 20.8 Å². The second-order valence-corrected chi connectivity index (χ2v) is 3.89. The zero-order valence-electron chi connectivity index (χ0n) is 9.63. The van der Waals surface area contributed by atoms with Crippen LogP contribution in [0.5, 0.6) is 0 Å². The molecule has 1 atom stereocenters. The Bertz CT molecular complexity index is 117. The highest BCUT2D eigenvalue weighted by atomic mass is 16.5. The van der Waals surface area contributed by atoms with Crippen LogP contribution in [0.25, 0.3) is 0 Å². The topological polar surface area (TPSA) is 24.5 Å². The molecule has 0 saturated carbocycles. The molecule has 0 aromatic rings. The smallest absolute Gasteiger partial charge is 0.0615 e. The van der Waals surface area contributed by atoms with Crippen LogP contribution in [-0.2, 0) is 4.74 Å². The highest BCUT2D eigenvalue weighted by Crippen LogP contribution is 1.94. The molecule has 3 heteroatoms. The summed E-state index contributed by atoms with van der Waals surface area (Å²) < 4.78 is 5.09. The lowest BCUT2D eigenvalue weighted by atomic mass is 10.3. The van der Waals surface area contributed by atoms with Crippen LogP contribution in [0, 0.1) is 0 Å². The maximum absolute atomic E-state index is 5.09. The molecular weight excluding hydrogens is 164 g/mol. The third-order valence-electron chi connectivity index (χ3n) is 2.18. The van der Waals surface area contributed by atoms with Gasteiger partial charge in [-0.05, 0) is 14.0 Å². The average molecular weight is 188 g/mol. The van der Waals surface area contributed by atoms with E-state index in [9.17, 15) is 0 Å². The quantitative estimate of drug-likeness (QED) is 0.644. The van der Waals surface area contributed by atoms with Gasteiger partial charge < -0.3 is 15.0 Å². The number of likely N-dealkylation sites (N-methyl/N-ethyl adjacent to an activating group) is 1. The van der Waals surface area contributed by atoms with Gasteiger partial charge in [-0.15, -0.1) is 0 Å². The molecule has 0 spiro atoms. The first-order chi connectivity index (χ1) is 6.07. The van der Waals surface area contributed by atoms with Gasteiger partial charge in [-0.1, -0.05) is 13.8 Å². The van der Waals surface area contributed by atoms with Crippen molar-refractivity contribution in [2.75, 3.05) is 33.9 Å². The van der Waals surface area contributed by atoms with E-state index in [2.05, 4.69) is 38.0 Å². The van der Waals surface area contributed by atoms with Gasteiger partial charge >= 0.3 is 0 Å². The molecule has 0 fully saturated rings. The summed E-state index contributed by atoms with van der Waals surface area (Å²) >= 11 is 0. The Hall–Kier alpha value is -0.120. The van der Waals surface area contributed by atoms with Crippen molar-refractivity contribution < 1.29 is 4.74 Å². The van der Waals surface area contributed by atoms with Crippen molar-refractivity contribution in [2.24, 2.45) is 0 Å². The van der Waals surface area contributed by atoms with E-state index in [1.807, 2.05) is 0 Å². The first-order valence-electron chi connectivity index (χ1n) is 5.00. The number of ether oxygens (including phenoxy) is 1. The molecule has 3 nitrogen and oxygen atoms in total. The average Bonchev–Trinajstić information content (AvgIpc) is 2.04. The predicted molar refractivity (Wildman–Crippen MR) is 57.1 cm³/mol. The van der Waals surface area contributed by atoms with E-state index in [-0.39, 0.29) is 0 Å². The van der Waals surface area contributed by atoms with E-state index < -0.39 is 0 Å². The second-order valence-electron chi connectivity index (χ2n) is 3.89. The number of nitrogens with zero attached hydrogens (tertiary/aromatic N) is 1. The zero-order valence-corrected chi connectivity index (χ0v) is 9.63. The van der Waals surface area contributed by atoms with Gasteiger partial charge in [0.25, 0.3) is 0 Å². The van der Waals surface area contributed by atoms with Gasteiger partial charge in [0.2, 0.25) is 0 Å². The normalized spacial score (nSPS) is 14.1. The fourth-order valence-corrected chi connectivity index (χ4v) is 1.12. The number of methoxy groups -OCH3 is 1. The zero-order chi connectivity index (χ0) is 10.3. The molecule has 13 heavy (non-hydrogen) atoms. The Balaban J connectivity index is 3.43. The Labute approximate surface area is 82.4 Å². The fourth-order valence-electron chi connectivity index (χ4n) is 1.12. The summed E-state index contributed by atoms with van der Waals surface area (Å²) in [7, 11) is 3.88. The number of hydrogen-bond donors (Lipinski definition) is 1. The third-order valence-corrected chi connectivity index (χ3v) is 2.18. The third kappa shape index (κ3) is 6.99. The molecule has 0 saturated heterocycles. The minimum Gasteiger partial charge on any atom is -0.383 e. The minimum absolute atomic E-state index is 0.499. The van der Waals surface area contributed by atoms with E-state index in [1.54, 1.807) is 7.11 Å². The van der Waals surface area contributed by atoms with Crippen LogP contribution < -0.4 is 5.32 Å². The summed E-state index contributed by atoms with van der Waals surface area (Å²) in [6.45, 7) is 9.43. The van der Waals surface area contributed by atoms with Crippen LogP contribution in [0.15, 0.2) is 0 Å². The SMILES string of the molecule is COCC(C)N(C)CCNC(C)C. The molecular formula is C10H24N2O. The van der Waals surface area contributed by atoms with Crippen LogP contribution in [0.3, 0.4) is 0 Å². The molecule has 80 valence electrons. The highest BCUT2D eigenvalue weighted by molar-refractivity contribution is 4.64. The van der Waals surface area contributed by atoms with Crippen molar-refractivity contribution in [3.63, 3.8) is 0 Å². The molecule has 1 N–H and O–H groups in total. The van der Waals surface area contributed by atoms with Gasteiger partial charge in [0.1, 0.15) is 0 Å². The number of nitrogens with one attached hydrogen (secondary N) is 1. The second kappa shape index (κ2) is 7.30. The highest BCUT2D eigenvalue weighted by Gasteiger charge is 2.07. The molecule has 0 aliphatic rings. The molecule has 0 bridgehead atoms. The van der Waals surface area contributed by atoms with Crippen molar-refractivity contribution in [2.45, 2.75) is 32.9 Å². The van der Waals surface area contributed by atoms with Crippen LogP contribution in [0.2, 0.25) is 0 Å². The number of rotatable bonds is 7. The van der Waals surface area contributed by atoms with Crippen molar-refractivity contribution in [1.82, 2.24) is 10.2 Å². The summed E-state index contributed by atoms with van der Waals surface area (Å²) in [6.07, 6.45) is 0. The molecule has 0 amide bonds. The van der Waals surface area contributed by atoms with Gasteiger partial charge in [0.05, 0.1) is 6.61 Å². The molecule has 0 aromatic carbocycles. The molecule has 0 radical (unpaired) electrons. The Morgan fingerprint density at radius 2 is 1.92 bits per heavy atom. The van der Waals surface area contributed by atoms with Crippen molar-refractivity contribution in [3.8, 4) is 0 Å². The lowest BCUT2D eigenvalue weighted by molar-refractivity contribution is 0.116. The fraction of sp³-hybridized carbons (Fsp3) is 1.00. The summed E-state index contributed by atoms with van der Waals surface area (Å²) in [5, 5.41) is 3.39. The summed E-state index contributed by atoms with van der Waals surface area (Å²) in [4.78, 5) is 2.30. The number of hydrogen-bond acceptors (Lipinski definition) is 3. The summed E-state index contributed by atoms with van der Waals surface area (Å²) in [5.41, 5.74) is 0. The Kier molecular flexibility index (Phi) is 7.23. The molecule has 1 unspecified atom stereocenters. The van der Waals surface area contributed by atoms with Crippen LogP contribution >= 0.6 is 0 Å². The van der Waals surface area contributed by atoms with Gasteiger partial charge in [0.15, 0.2) is 0 Å². The van der Waals surface area contributed by atoms with Crippen molar-refractivity contribution >= 4 is 0 Å². The van der Waals surface area contributed by atoms with Crippen LogP contribution in [0.4, 0.5) is 0 Å². The summed E-state index contributed by atoms with van der Waals surface area (Å²) in [6, 6.07) is 1.07. The minimum atomic E-state index is 0.499.